The Hall–Kier alpha value is -1.65. The number of hydrogen-bond acceptors (Lipinski definition) is 3. The summed E-state index contributed by atoms with van der Waals surface area (Å²) in [4.78, 5) is 16.3. The van der Waals surface area contributed by atoms with Gasteiger partial charge < -0.3 is 10.6 Å². The van der Waals surface area contributed by atoms with Crippen LogP contribution in [0.2, 0.25) is 0 Å². The Balaban J connectivity index is 2.93. The number of pyridine rings is 1. The largest absolute Gasteiger partial charge is 0.369 e. The molecule has 2 N–H and O–H groups in total. The van der Waals surface area contributed by atoms with Crippen molar-refractivity contribution in [2.75, 3.05) is 11.9 Å². The lowest BCUT2D eigenvalue weighted by Crippen LogP contribution is -2.43. The minimum atomic E-state index is -0.509. The highest BCUT2D eigenvalue weighted by atomic mass is 19.1. The van der Waals surface area contributed by atoms with Crippen molar-refractivity contribution in [1.82, 2.24) is 10.3 Å². The fourth-order valence-corrected chi connectivity index (χ4v) is 2.06. The molecule has 1 amide bonds. The van der Waals surface area contributed by atoms with E-state index in [0.717, 1.165) is 25.5 Å². The van der Waals surface area contributed by atoms with Gasteiger partial charge in [-0.15, -0.1) is 0 Å². The molecule has 0 aliphatic heterocycles. The smallest absolute Gasteiger partial charge is 0.255 e. The Kier molecular flexibility index (Phi) is 5.92. The number of hydrogen-bond donors (Lipinski definition) is 2. The predicted octanol–water partition coefficient (Wildman–Crippen LogP) is 3.35. The van der Waals surface area contributed by atoms with Gasteiger partial charge >= 0.3 is 0 Å². The van der Waals surface area contributed by atoms with Crippen molar-refractivity contribution in [3.8, 4) is 0 Å². The van der Waals surface area contributed by atoms with Gasteiger partial charge in [-0.05, 0) is 32.8 Å². The maximum atomic E-state index is 13.3. The second-order valence-electron chi connectivity index (χ2n) is 5.56. The molecule has 0 aromatic carbocycles. The van der Waals surface area contributed by atoms with Gasteiger partial charge in [-0.25, -0.2) is 9.37 Å². The van der Waals surface area contributed by atoms with Crippen LogP contribution in [0.3, 0.4) is 0 Å². The maximum Gasteiger partial charge on any atom is 0.255 e. The van der Waals surface area contributed by atoms with Crippen molar-refractivity contribution >= 4 is 11.7 Å². The van der Waals surface area contributed by atoms with Crippen LogP contribution >= 0.6 is 0 Å². The van der Waals surface area contributed by atoms with Crippen LogP contribution < -0.4 is 10.6 Å². The standard InChI is InChI=1S/C15H24FN3O/c1-5-7-15(3,4)19-14(20)12-9-11(16)10-18-13(12)17-8-6-2/h9-10H,5-8H2,1-4H3,(H,17,18)(H,19,20). The van der Waals surface area contributed by atoms with Gasteiger partial charge in [0, 0.05) is 12.1 Å². The lowest BCUT2D eigenvalue weighted by atomic mass is 9.98. The summed E-state index contributed by atoms with van der Waals surface area (Å²) < 4.78 is 13.3. The average Bonchev–Trinajstić information content (AvgIpc) is 2.36. The first-order chi connectivity index (χ1) is 9.39. The van der Waals surface area contributed by atoms with Gasteiger partial charge in [-0.3, -0.25) is 4.79 Å². The number of nitrogens with zero attached hydrogens (tertiary/aromatic N) is 1. The molecule has 0 saturated carbocycles. The van der Waals surface area contributed by atoms with Crippen LogP contribution in [-0.2, 0) is 0 Å². The van der Waals surface area contributed by atoms with Gasteiger partial charge in [0.05, 0.1) is 11.8 Å². The first-order valence-electron chi connectivity index (χ1n) is 7.11. The van der Waals surface area contributed by atoms with Crippen LogP contribution in [0.15, 0.2) is 12.3 Å². The zero-order valence-electron chi connectivity index (χ0n) is 12.7. The number of anilines is 1. The van der Waals surface area contributed by atoms with Crippen molar-refractivity contribution in [2.45, 2.75) is 52.5 Å². The third-order valence-corrected chi connectivity index (χ3v) is 2.97. The van der Waals surface area contributed by atoms with E-state index in [4.69, 9.17) is 0 Å². The molecule has 0 aliphatic rings. The molecule has 4 nitrogen and oxygen atoms in total. The molecular weight excluding hydrogens is 257 g/mol. The molecule has 1 aromatic heterocycles. The van der Waals surface area contributed by atoms with E-state index >= 15 is 0 Å². The Morgan fingerprint density at radius 3 is 2.65 bits per heavy atom. The molecular formula is C15H24FN3O. The molecule has 0 spiro atoms. The number of amides is 1. The molecule has 1 rings (SSSR count). The van der Waals surface area contributed by atoms with Gasteiger partial charge in [-0.1, -0.05) is 20.3 Å². The normalized spacial score (nSPS) is 11.2. The minimum Gasteiger partial charge on any atom is -0.369 e. The van der Waals surface area contributed by atoms with Crippen LogP contribution in [0.25, 0.3) is 0 Å². The van der Waals surface area contributed by atoms with Crippen molar-refractivity contribution in [1.29, 1.82) is 0 Å². The molecule has 0 atom stereocenters. The molecule has 0 aliphatic carbocycles. The summed E-state index contributed by atoms with van der Waals surface area (Å²) in [7, 11) is 0. The number of carbonyl (C=O) groups excluding carboxylic acids is 1. The molecule has 1 aromatic rings. The van der Waals surface area contributed by atoms with Gasteiger partial charge in [0.25, 0.3) is 5.91 Å². The van der Waals surface area contributed by atoms with E-state index in [0.29, 0.717) is 12.4 Å². The second-order valence-corrected chi connectivity index (χ2v) is 5.56. The van der Waals surface area contributed by atoms with Crippen molar-refractivity contribution < 1.29 is 9.18 Å². The minimum absolute atomic E-state index is 0.252. The van der Waals surface area contributed by atoms with Crippen LogP contribution in [0, 0.1) is 5.82 Å². The summed E-state index contributed by atoms with van der Waals surface area (Å²) >= 11 is 0. The van der Waals surface area contributed by atoms with E-state index in [-0.39, 0.29) is 17.0 Å². The Morgan fingerprint density at radius 1 is 1.35 bits per heavy atom. The summed E-state index contributed by atoms with van der Waals surface area (Å²) in [6.07, 6.45) is 3.85. The van der Waals surface area contributed by atoms with Gasteiger partial charge in [0.1, 0.15) is 11.6 Å². The van der Waals surface area contributed by atoms with Crippen molar-refractivity contribution in [2.24, 2.45) is 0 Å². The summed E-state index contributed by atoms with van der Waals surface area (Å²) in [5.41, 5.74) is -0.0668. The summed E-state index contributed by atoms with van der Waals surface area (Å²) in [5.74, 6) is -0.377. The van der Waals surface area contributed by atoms with E-state index in [1.807, 2.05) is 20.8 Å². The lowest BCUT2D eigenvalue weighted by molar-refractivity contribution is 0.0909. The van der Waals surface area contributed by atoms with Crippen LogP contribution in [-0.4, -0.2) is 23.0 Å². The van der Waals surface area contributed by atoms with E-state index in [9.17, 15) is 9.18 Å². The predicted molar refractivity (Wildman–Crippen MR) is 79.4 cm³/mol. The molecule has 5 heteroatoms. The van der Waals surface area contributed by atoms with Crippen LogP contribution in [0.1, 0.15) is 57.3 Å². The summed E-state index contributed by atoms with van der Waals surface area (Å²) in [5, 5.41) is 5.98. The number of aromatic nitrogens is 1. The van der Waals surface area contributed by atoms with E-state index in [1.165, 1.54) is 6.07 Å². The fraction of sp³-hybridized carbons (Fsp3) is 0.600. The first kappa shape index (κ1) is 16.4. The highest BCUT2D eigenvalue weighted by Crippen LogP contribution is 2.17. The van der Waals surface area contributed by atoms with Crippen LogP contribution in [0.4, 0.5) is 10.2 Å². The maximum absolute atomic E-state index is 13.3. The summed E-state index contributed by atoms with van der Waals surface area (Å²) in [6, 6.07) is 1.22. The Bertz CT molecular complexity index is 460. The zero-order chi connectivity index (χ0) is 15.2. The quantitative estimate of drug-likeness (QED) is 0.806. The van der Waals surface area contributed by atoms with E-state index in [2.05, 4.69) is 22.5 Å². The average molecular weight is 281 g/mol. The van der Waals surface area contributed by atoms with E-state index in [1.54, 1.807) is 0 Å². The number of rotatable bonds is 7. The first-order valence-corrected chi connectivity index (χ1v) is 7.11. The number of nitrogens with one attached hydrogen (secondary N) is 2. The molecule has 0 fully saturated rings. The molecule has 20 heavy (non-hydrogen) atoms. The highest BCUT2D eigenvalue weighted by Gasteiger charge is 2.22. The topological polar surface area (TPSA) is 54.0 Å². The molecule has 0 bridgehead atoms. The van der Waals surface area contributed by atoms with Gasteiger partial charge in [0.15, 0.2) is 0 Å². The summed E-state index contributed by atoms with van der Waals surface area (Å²) in [6.45, 7) is 8.68. The Labute approximate surface area is 120 Å². The zero-order valence-corrected chi connectivity index (χ0v) is 12.7. The monoisotopic (exact) mass is 281 g/mol. The highest BCUT2D eigenvalue weighted by molar-refractivity contribution is 5.99. The van der Waals surface area contributed by atoms with Gasteiger partial charge in [0.2, 0.25) is 0 Å². The van der Waals surface area contributed by atoms with Crippen molar-refractivity contribution in [3.05, 3.63) is 23.6 Å². The number of halogens is 1. The van der Waals surface area contributed by atoms with E-state index < -0.39 is 5.82 Å². The van der Waals surface area contributed by atoms with Crippen molar-refractivity contribution in [3.63, 3.8) is 0 Å². The number of carbonyl (C=O) groups is 1. The molecule has 0 saturated heterocycles. The third-order valence-electron chi connectivity index (χ3n) is 2.97. The Morgan fingerprint density at radius 2 is 2.05 bits per heavy atom. The van der Waals surface area contributed by atoms with Crippen LogP contribution in [0.5, 0.6) is 0 Å². The second kappa shape index (κ2) is 7.22. The lowest BCUT2D eigenvalue weighted by Gasteiger charge is -2.26. The molecule has 0 unspecified atom stereocenters. The SMILES string of the molecule is CCCNc1ncc(F)cc1C(=O)NC(C)(C)CCC. The molecule has 1 heterocycles. The third kappa shape index (κ3) is 4.79. The van der Waals surface area contributed by atoms with Gasteiger partial charge in [-0.2, -0.15) is 0 Å². The molecule has 0 radical (unpaired) electrons. The fourth-order valence-electron chi connectivity index (χ4n) is 2.06. The molecule has 112 valence electrons.